The molecule has 1 N–H and O–H groups in total. The topological polar surface area (TPSA) is 75.7 Å². The van der Waals surface area contributed by atoms with Crippen molar-refractivity contribution in [1.29, 1.82) is 0 Å². The SMILES string of the molecule is CCCCCCNC(=O)CN1C(=O)C(C)Oc2ccc(C(=O)CCC)cc21. The van der Waals surface area contributed by atoms with Gasteiger partial charge in [-0.2, -0.15) is 0 Å². The number of Topliss-reactive ketones (excluding diaryl/α,β-unsaturated/α-hetero) is 1. The number of hydrogen-bond donors (Lipinski definition) is 1. The summed E-state index contributed by atoms with van der Waals surface area (Å²) in [7, 11) is 0. The molecule has 6 heteroatoms. The largest absolute Gasteiger partial charge is 0.479 e. The molecule has 1 aromatic rings. The van der Waals surface area contributed by atoms with Crippen LogP contribution >= 0.6 is 0 Å². The average Bonchev–Trinajstić information content (AvgIpc) is 2.65. The van der Waals surface area contributed by atoms with Crippen LogP contribution in [0.15, 0.2) is 18.2 Å². The summed E-state index contributed by atoms with van der Waals surface area (Å²) in [5.74, 6) is 0.0616. The van der Waals surface area contributed by atoms with Crippen LogP contribution in [0.5, 0.6) is 5.75 Å². The number of carbonyl (C=O) groups excluding carboxylic acids is 3. The average molecular weight is 374 g/mol. The smallest absolute Gasteiger partial charge is 0.268 e. The summed E-state index contributed by atoms with van der Waals surface area (Å²) in [6.45, 7) is 6.28. The maximum Gasteiger partial charge on any atom is 0.268 e. The van der Waals surface area contributed by atoms with Crippen LogP contribution in [-0.2, 0) is 9.59 Å². The van der Waals surface area contributed by atoms with Gasteiger partial charge < -0.3 is 10.1 Å². The zero-order valence-electron chi connectivity index (χ0n) is 16.5. The summed E-state index contributed by atoms with van der Waals surface area (Å²) in [5.41, 5.74) is 1.02. The van der Waals surface area contributed by atoms with Crippen LogP contribution in [0.3, 0.4) is 0 Å². The van der Waals surface area contributed by atoms with Crippen molar-refractivity contribution in [1.82, 2.24) is 5.32 Å². The molecule has 0 aliphatic carbocycles. The highest BCUT2D eigenvalue weighted by Gasteiger charge is 2.33. The van der Waals surface area contributed by atoms with Crippen molar-refractivity contribution in [2.75, 3.05) is 18.0 Å². The zero-order valence-corrected chi connectivity index (χ0v) is 16.5. The maximum absolute atomic E-state index is 12.6. The van der Waals surface area contributed by atoms with Gasteiger partial charge in [-0.25, -0.2) is 0 Å². The Balaban J connectivity index is 2.11. The molecule has 0 radical (unpaired) electrons. The Labute approximate surface area is 161 Å². The summed E-state index contributed by atoms with van der Waals surface area (Å²) >= 11 is 0. The predicted molar refractivity (Wildman–Crippen MR) is 105 cm³/mol. The third-order valence-corrected chi connectivity index (χ3v) is 4.62. The van der Waals surface area contributed by atoms with Gasteiger partial charge in [0.1, 0.15) is 12.3 Å². The lowest BCUT2D eigenvalue weighted by atomic mass is 10.0. The van der Waals surface area contributed by atoms with E-state index in [4.69, 9.17) is 4.74 Å². The van der Waals surface area contributed by atoms with Crippen molar-refractivity contribution in [3.63, 3.8) is 0 Å². The summed E-state index contributed by atoms with van der Waals surface area (Å²) < 4.78 is 5.64. The van der Waals surface area contributed by atoms with Crippen molar-refractivity contribution >= 4 is 23.3 Å². The molecule has 1 aliphatic heterocycles. The van der Waals surface area contributed by atoms with Crippen molar-refractivity contribution < 1.29 is 19.1 Å². The summed E-state index contributed by atoms with van der Waals surface area (Å²) in [6, 6.07) is 5.08. The molecule has 0 spiro atoms. The van der Waals surface area contributed by atoms with Gasteiger partial charge in [0.2, 0.25) is 5.91 Å². The van der Waals surface area contributed by atoms with E-state index in [9.17, 15) is 14.4 Å². The lowest BCUT2D eigenvalue weighted by molar-refractivity contribution is -0.128. The molecule has 1 unspecified atom stereocenters. The first-order valence-corrected chi connectivity index (χ1v) is 9.89. The molecule has 0 fully saturated rings. The highest BCUT2D eigenvalue weighted by Crippen LogP contribution is 2.35. The summed E-state index contributed by atoms with van der Waals surface area (Å²) in [5, 5.41) is 2.87. The molecule has 0 saturated carbocycles. The first kappa shape index (κ1) is 20.9. The molecule has 1 atom stereocenters. The minimum absolute atomic E-state index is 0.0201. The van der Waals surface area contributed by atoms with Crippen LogP contribution in [-0.4, -0.2) is 36.8 Å². The number of nitrogens with zero attached hydrogens (tertiary/aromatic N) is 1. The molecule has 2 amide bonds. The third-order valence-electron chi connectivity index (χ3n) is 4.62. The number of rotatable bonds is 10. The first-order chi connectivity index (χ1) is 13.0. The number of hydrogen-bond acceptors (Lipinski definition) is 4. The van der Waals surface area contributed by atoms with E-state index < -0.39 is 6.10 Å². The van der Waals surface area contributed by atoms with Gasteiger partial charge in [-0.05, 0) is 38.0 Å². The summed E-state index contributed by atoms with van der Waals surface area (Å²) in [6.07, 6.45) is 4.85. The fourth-order valence-electron chi connectivity index (χ4n) is 3.09. The second kappa shape index (κ2) is 10.1. The van der Waals surface area contributed by atoms with Crippen LogP contribution in [0.2, 0.25) is 0 Å². The van der Waals surface area contributed by atoms with Gasteiger partial charge in [-0.15, -0.1) is 0 Å². The van der Waals surface area contributed by atoms with Crippen LogP contribution < -0.4 is 15.0 Å². The van der Waals surface area contributed by atoms with Crippen LogP contribution in [0.1, 0.15) is 69.7 Å². The second-order valence-corrected chi connectivity index (χ2v) is 6.95. The maximum atomic E-state index is 12.6. The number of ketones is 1. The Hall–Kier alpha value is -2.37. The van der Waals surface area contributed by atoms with Gasteiger partial charge in [-0.3, -0.25) is 19.3 Å². The molecule has 1 heterocycles. The minimum atomic E-state index is -0.660. The Morgan fingerprint density at radius 3 is 2.63 bits per heavy atom. The lowest BCUT2D eigenvalue weighted by Crippen LogP contribution is -2.49. The van der Waals surface area contributed by atoms with E-state index in [0.717, 1.165) is 32.1 Å². The van der Waals surface area contributed by atoms with Crippen molar-refractivity contribution in [2.45, 2.75) is 65.4 Å². The van der Waals surface area contributed by atoms with Gasteiger partial charge >= 0.3 is 0 Å². The van der Waals surface area contributed by atoms with Crippen LogP contribution in [0.25, 0.3) is 0 Å². The van der Waals surface area contributed by atoms with E-state index >= 15 is 0 Å². The lowest BCUT2D eigenvalue weighted by Gasteiger charge is -2.32. The Morgan fingerprint density at radius 1 is 1.15 bits per heavy atom. The van der Waals surface area contributed by atoms with E-state index in [1.165, 1.54) is 4.90 Å². The molecule has 0 saturated heterocycles. The van der Waals surface area contributed by atoms with E-state index in [1.54, 1.807) is 25.1 Å². The number of ether oxygens (including phenoxy) is 1. The number of benzene rings is 1. The van der Waals surface area contributed by atoms with Crippen LogP contribution in [0, 0.1) is 0 Å². The Morgan fingerprint density at radius 2 is 1.93 bits per heavy atom. The molecular weight excluding hydrogens is 344 g/mol. The first-order valence-electron chi connectivity index (χ1n) is 9.89. The number of unbranched alkanes of at least 4 members (excludes halogenated alkanes) is 3. The number of anilines is 1. The highest BCUT2D eigenvalue weighted by atomic mass is 16.5. The quantitative estimate of drug-likeness (QED) is 0.502. The molecular formula is C21H30N2O4. The van der Waals surface area contributed by atoms with Crippen molar-refractivity contribution in [2.24, 2.45) is 0 Å². The highest BCUT2D eigenvalue weighted by molar-refractivity contribution is 6.05. The number of amides is 2. The van der Waals surface area contributed by atoms with Gasteiger partial charge in [0.05, 0.1) is 5.69 Å². The van der Waals surface area contributed by atoms with E-state index in [2.05, 4.69) is 12.2 Å². The molecule has 6 nitrogen and oxygen atoms in total. The summed E-state index contributed by atoms with van der Waals surface area (Å²) in [4.78, 5) is 38.5. The minimum Gasteiger partial charge on any atom is -0.479 e. The Kier molecular flexibility index (Phi) is 7.82. The monoisotopic (exact) mass is 374 g/mol. The second-order valence-electron chi connectivity index (χ2n) is 6.95. The van der Waals surface area contributed by atoms with Gasteiger partial charge in [-0.1, -0.05) is 33.1 Å². The molecule has 0 bridgehead atoms. The van der Waals surface area contributed by atoms with E-state index in [1.807, 2.05) is 6.92 Å². The molecule has 0 aromatic heterocycles. The van der Waals surface area contributed by atoms with Gasteiger partial charge in [0, 0.05) is 18.5 Å². The number of fused-ring (bicyclic) bond motifs is 1. The molecule has 148 valence electrons. The predicted octanol–water partition coefficient (Wildman–Crippen LogP) is 3.48. The van der Waals surface area contributed by atoms with E-state index in [0.29, 0.717) is 30.0 Å². The zero-order chi connectivity index (χ0) is 19.8. The Bertz CT molecular complexity index is 687. The van der Waals surface area contributed by atoms with Gasteiger partial charge in [0.25, 0.3) is 5.91 Å². The normalized spacial score (nSPS) is 15.9. The fourth-order valence-corrected chi connectivity index (χ4v) is 3.09. The fraction of sp³-hybridized carbons (Fsp3) is 0.571. The molecule has 2 rings (SSSR count). The van der Waals surface area contributed by atoms with Gasteiger partial charge in [0.15, 0.2) is 11.9 Å². The molecule has 1 aliphatic rings. The van der Waals surface area contributed by atoms with Crippen LogP contribution in [0.4, 0.5) is 5.69 Å². The number of carbonyl (C=O) groups is 3. The van der Waals surface area contributed by atoms with Crippen molar-refractivity contribution in [3.05, 3.63) is 23.8 Å². The molecule has 1 aromatic carbocycles. The third kappa shape index (κ3) is 5.55. The standard InChI is InChI=1S/C21H30N2O4/c1-4-6-7-8-12-22-20(25)14-23-17-13-16(18(24)9-5-2)10-11-19(17)27-15(3)21(23)26/h10-11,13,15H,4-9,12,14H2,1-3H3,(H,22,25). The number of nitrogens with one attached hydrogen (secondary N) is 1. The van der Waals surface area contributed by atoms with Crippen molar-refractivity contribution in [3.8, 4) is 5.75 Å². The van der Waals surface area contributed by atoms with E-state index in [-0.39, 0.29) is 24.1 Å². The molecule has 27 heavy (non-hydrogen) atoms.